The van der Waals surface area contributed by atoms with E-state index in [1.165, 1.54) is 24.0 Å². The van der Waals surface area contributed by atoms with Crippen molar-refractivity contribution in [3.05, 3.63) is 35.5 Å². The number of allylic oxidation sites excluding steroid dienone is 6. The van der Waals surface area contributed by atoms with Crippen molar-refractivity contribution in [1.82, 2.24) is 0 Å². The third kappa shape index (κ3) is 0.460. The van der Waals surface area contributed by atoms with E-state index in [0.717, 1.165) is 0 Å². The maximum Gasteiger partial charge on any atom is -0.0244 e. The van der Waals surface area contributed by atoms with Crippen LogP contribution in [0.15, 0.2) is 35.5 Å². The van der Waals surface area contributed by atoms with E-state index in [2.05, 4.69) is 24.3 Å². The Balaban J connectivity index is 2.49. The zero-order chi connectivity index (χ0) is 5.40. The summed E-state index contributed by atoms with van der Waals surface area (Å²) in [5.41, 5.74) is 2.91. The molecule has 0 unspecified atom stereocenters. The first kappa shape index (κ1) is 4.13. The van der Waals surface area contributed by atoms with E-state index >= 15 is 0 Å². The van der Waals surface area contributed by atoms with Crippen molar-refractivity contribution in [2.75, 3.05) is 0 Å². The quantitative estimate of drug-likeness (QED) is 0.442. The van der Waals surface area contributed by atoms with Crippen molar-refractivity contribution in [3.8, 4) is 0 Å². The van der Waals surface area contributed by atoms with Gasteiger partial charge < -0.3 is 0 Å². The van der Waals surface area contributed by atoms with Gasteiger partial charge >= 0.3 is 0 Å². The minimum absolute atomic E-state index is 1.24. The Hall–Kier alpha value is -0.780. The average molecular weight is 104 g/mol. The fourth-order valence-electron chi connectivity index (χ4n) is 1.20. The largest absolute Gasteiger partial charge is 0.0769 e. The van der Waals surface area contributed by atoms with Gasteiger partial charge in [0.25, 0.3) is 0 Å². The minimum Gasteiger partial charge on any atom is -0.0769 e. The van der Waals surface area contributed by atoms with Crippen molar-refractivity contribution in [3.63, 3.8) is 0 Å². The van der Waals surface area contributed by atoms with Crippen molar-refractivity contribution in [1.29, 1.82) is 0 Å². The first-order valence-corrected chi connectivity index (χ1v) is 3.04. The van der Waals surface area contributed by atoms with E-state index in [4.69, 9.17) is 0 Å². The number of fused-ring (bicyclic) bond motifs is 1. The summed E-state index contributed by atoms with van der Waals surface area (Å²) in [6, 6.07) is 0. The Morgan fingerprint density at radius 1 is 1.25 bits per heavy atom. The molecule has 0 nitrogen and oxygen atoms in total. The molecule has 40 valence electrons. The third-order valence-electron chi connectivity index (χ3n) is 1.65. The van der Waals surface area contributed by atoms with Crippen LogP contribution in [0.3, 0.4) is 0 Å². The molecule has 0 fully saturated rings. The highest BCUT2D eigenvalue weighted by Gasteiger charge is 2.04. The smallest absolute Gasteiger partial charge is 0.0244 e. The second kappa shape index (κ2) is 1.35. The zero-order valence-electron chi connectivity index (χ0n) is 4.72. The van der Waals surface area contributed by atoms with E-state index in [1.807, 2.05) is 0 Å². The molecule has 0 heteroatoms. The molecule has 0 radical (unpaired) electrons. The molecule has 0 heterocycles. The SMILES string of the molecule is C1=CC2=CC1=CCC2. The molecule has 0 N–H and O–H groups in total. The highest BCUT2D eigenvalue weighted by molar-refractivity contribution is 5.48. The average Bonchev–Trinajstić information content (AvgIpc) is 2.12. The molecular formula is C8H8. The van der Waals surface area contributed by atoms with Crippen LogP contribution >= 0.6 is 0 Å². The van der Waals surface area contributed by atoms with Crippen LogP contribution in [0.2, 0.25) is 0 Å². The van der Waals surface area contributed by atoms with Gasteiger partial charge in [-0.2, -0.15) is 0 Å². The number of hydrogen-bond donors (Lipinski definition) is 0. The van der Waals surface area contributed by atoms with Gasteiger partial charge in [-0.05, 0) is 24.0 Å². The van der Waals surface area contributed by atoms with Crippen LogP contribution in [0.4, 0.5) is 0 Å². The van der Waals surface area contributed by atoms with Gasteiger partial charge in [0.2, 0.25) is 0 Å². The van der Waals surface area contributed by atoms with Gasteiger partial charge in [0.15, 0.2) is 0 Å². The lowest BCUT2D eigenvalue weighted by Crippen LogP contribution is -1.79. The van der Waals surface area contributed by atoms with Crippen molar-refractivity contribution in [2.45, 2.75) is 12.8 Å². The summed E-state index contributed by atoms with van der Waals surface area (Å²) in [7, 11) is 0. The third-order valence-corrected chi connectivity index (χ3v) is 1.65. The lowest BCUT2D eigenvalue weighted by atomic mass is 10.1. The molecule has 0 aliphatic heterocycles. The van der Waals surface area contributed by atoms with Gasteiger partial charge in [0.05, 0.1) is 0 Å². The molecule has 2 aliphatic carbocycles. The summed E-state index contributed by atoms with van der Waals surface area (Å²) in [6.45, 7) is 0. The van der Waals surface area contributed by atoms with E-state index in [-0.39, 0.29) is 0 Å². The van der Waals surface area contributed by atoms with E-state index in [1.54, 1.807) is 0 Å². The molecule has 0 aromatic carbocycles. The normalized spacial score (nSPS) is 23.0. The van der Waals surface area contributed by atoms with Crippen LogP contribution < -0.4 is 0 Å². The molecule has 2 rings (SSSR count). The van der Waals surface area contributed by atoms with Crippen LogP contribution in [-0.2, 0) is 0 Å². The van der Waals surface area contributed by atoms with Crippen molar-refractivity contribution >= 4 is 0 Å². The monoisotopic (exact) mass is 104 g/mol. The second-order valence-electron chi connectivity index (χ2n) is 2.30. The molecule has 0 saturated carbocycles. The van der Waals surface area contributed by atoms with Gasteiger partial charge in [-0.15, -0.1) is 0 Å². The molecule has 2 bridgehead atoms. The predicted octanol–water partition coefficient (Wildman–Crippen LogP) is 2.20. The molecular weight excluding hydrogens is 96.1 g/mol. The molecule has 0 atom stereocenters. The molecule has 0 saturated heterocycles. The van der Waals surface area contributed by atoms with E-state index in [0.29, 0.717) is 0 Å². The highest BCUT2D eigenvalue weighted by Crippen LogP contribution is 2.24. The molecule has 0 aromatic heterocycles. The van der Waals surface area contributed by atoms with Gasteiger partial charge in [-0.1, -0.05) is 24.3 Å². The summed E-state index contributed by atoms with van der Waals surface area (Å²) in [6.07, 6.45) is 11.4. The minimum atomic E-state index is 1.24. The van der Waals surface area contributed by atoms with Gasteiger partial charge in [-0.3, -0.25) is 0 Å². The second-order valence-corrected chi connectivity index (χ2v) is 2.30. The Morgan fingerprint density at radius 3 is 3.00 bits per heavy atom. The Kier molecular flexibility index (Phi) is 0.696. The van der Waals surface area contributed by atoms with Crippen LogP contribution in [-0.4, -0.2) is 0 Å². The fraction of sp³-hybridized carbons (Fsp3) is 0.250. The van der Waals surface area contributed by atoms with E-state index in [9.17, 15) is 0 Å². The molecule has 0 spiro atoms. The van der Waals surface area contributed by atoms with Crippen molar-refractivity contribution in [2.24, 2.45) is 0 Å². The van der Waals surface area contributed by atoms with Gasteiger partial charge in [-0.25, -0.2) is 0 Å². The lowest BCUT2D eigenvalue weighted by molar-refractivity contribution is 0.995. The summed E-state index contributed by atoms with van der Waals surface area (Å²) >= 11 is 0. The molecule has 2 aliphatic rings. The first-order valence-electron chi connectivity index (χ1n) is 3.04. The maximum atomic E-state index is 2.28. The fourth-order valence-corrected chi connectivity index (χ4v) is 1.20. The lowest BCUT2D eigenvalue weighted by Gasteiger charge is -1.98. The standard InChI is InChI=1S/C8H8/c1-2-7-4-5-8(3-1)6-7/h2,4-6H,1,3H2. The van der Waals surface area contributed by atoms with Crippen LogP contribution in [0, 0.1) is 0 Å². The predicted molar refractivity (Wildman–Crippen MR) is 34.5 cm³/mol. The van der Waals surface area contributed by atoms with E-state index < -0.39 is 0 Å². The summed E-state index contributed by atoms with van der Waals surface area (Å²) in [5.74, 6) is 0. The topological polar surface area (TPSA) is 0 Å². The Bertz CT molecular complexity index is 192. The molecule has 0 amide bonds. The first-order chi connectivity index (χ1) is 3.95. The summed E-state index contributed by atoms with van der Waals surface area (Å²) in [5, 5.41) is 0. The highest BCUT2D eigenvalue weighted by atomic mass is 14.1. The van der Waals surface area contributed by atoms with Crippen LogP contribution in [0.1, 0.15) is 12.8 Å². The Morgan fingerprint density at radius 2 is 2.25 bits per heavy atom. The van der Waals surface area contributed by atoms with Gasteiger partial charge in [0, 0.05) is 0 Å². The maximum absolute atomic E-state index is 2.28. The van der Waals surface area contributed by atoms with Crippen molar-refractivity contribution < 1.29 is 0 Å². The van der Waals surface area contributed by atoms with Gasteiger partial charge in [0.1, 0.15) is 0 Å². The van der Waals surface area contributed by atoms with Crippen LogP contribution in [0.25, 0.3) is 0 Å². The number of hydrogen-bond acceptors (Lipinski definition) is 0. The number of rotatable bonds is 0. The molecule has 0 aromatic rings. The zero-order valence-corrected chi connectivity index (χ0v) is 4.72. The summed E-state index contributed by atoms with van der Waals surface area (Å²) in [4.78, 5) is 0. The van der Waals surface area contributed by atoms with Crippen LogP contribution in [0.5, 0.6) is 0 Å². The summed E-state index contributed by atoms with van der Waals surface area (Å²) < 4.78 is 0. The molecule has 8 heavy (non-hydrogen) atoms. The Labute approximate surface area is 49.2 Å².